The third kappa shape index (κ3) is 6.23. The smallest absolute Gasteiger partial charge is 0.295 e. The molecule has 0 atom stereocenters. The van der Waals surface area contributed by atoms with Crippen LogP contribution in [0.1, 0.15) is 36.0 Å². The van der Waals surface area contributed by atoms with E-state index < -0.39 is 15.9 Å². The molecule has 3 aromatic rings. The van der Waals surface area contributed by atoms with Crippen molar-refractivity contribution >= 4 is 27.5 Å². The van der Waals surface area contributed by atoms with Gasteiger partial charge in [-0.25, -0.2) is 0 Å². The first-order valence-electron chi connectivity index (χ1n) is 11.9. The molecule has 3 aromatic carbocycles. The summed E-state index contributed by atoms with van der Waals surface area (Å²) in [5.74, 6) is -0.196. The number of carbonyl (C=O) groups excluding carboxylic acids is 2. The molecule has 8 nitrogen and oxygen atoms in total. The molecule has 1 heterocycles. The molecule has 0 saturated carbocycles. The van der Waals surface area contributed by atoms with E-state index in [1.165, 1.54) is 24.3 Å². The van der Waals surface area contributed by atoms with Gasteiger partial charge in [0.2, 0.25) is 5.91 Å². The summed E-state index contributed by atoms with van der Waals surface area (Å²) in [6, 6.07) is 22.6. The Balaban J connectivity index is 1.47. The molecule has 36 heavy (non-hydrogen) atoms. The third-order valence-corrected chi connectivity index (χ3v) is 7.48. The second-order valence-electron chi connectivity index (χ2n) is 8.47. The van der Waals surface area contributed by atoms with Crippen LogP contribution < -0.4 is 14.6 Å². The second kappa shape index (κ2) is 11.7. The molecular weight excluding hydrogens is 478 g/mol. The Morgan fingerprint density at radius 2 is 1.39 bits per heavy atom. The summed E-state index contributed by atoms with van der Waals surface area (Å²) in [6.45, 7) is 1.33. The number of amides is 2. The number of hydrogen-bond donors (Lipinski definition) is 1. The lowest BCUT2D eigenvalue weighted by atomic mass is 10.2. The average Bonchev–Trinajstić information content (AvgIpc) is 3.21. The summed E-state index contributed by atoms with van der Waals surface area (Å²) >= 11 is 0. The molecule has 0 radical (unpaired) electrons. The van der Waals surface area contributed by atoms with E-state index in [2.05, 4.69) is 5.32 Å². The van der Waals surface area contributed by atoms with E-state index in [0.29, 0.717) is 24.5 Å². The van der Waals surface area contributed by atoms with Gasteiger partial charge in [0.05, 0.1) is 17.1 Å². The number of sulfonamides is 1. The summed E-state index contributed by atoms with van der Waals surface area (Å²) in [5.41, 5.74) is 0.586. The third-order valence-electron chi connectivity index (χ3n) is 5.89. The van der Waals surface area contributed by atoms with Gasteiger partial charge >= 0.3 is 0 Å². The minimum Gasteiger partial charge on any atom is -0.364 e. The first-order chi connectivity index (χ1) is 17.4. The molecule has 0 aliphatic carbocycles. The van der Waals surface area contributed by atoms with Crippen molar-refractivity contribution in [3.63, 3.8) is 0 Å². The van der Waals surface area contributed by atoms with Crippen LogP contribution in [0, 0.1) is 0 Å². The van der Waals surface area contributed by atoms with Crippen molar-refractivity contribution in [3.05, 3.63) is 90.5 Å². The zero-order chi connectivity index (χ0) is 25.4. The summed E-state index contributed by atoms with van der Waals surface area (Å²) < 4.78 is 27.8. The van der Waals surface area contributed by atoms with Crippen molar-refractivity contribution in [1.82, 2.24) is 10.2 Å². The van der Waals surface area contributed by atoms with E-state index in [1.807, 2.05) is 0 Å². The van der Waals surface area contributed by atoms with E-state index in [4.69, 9.17) is 4.84 Å². The Kier molecular flexibility index (Phi) is 8.22. The van der Waals surface area contributed by atoms with Crippen LogP contribution in [0.15, 0.2) is 89.8 Å². The van der Waals surface area contributed by atoms with Crippen molar-refractivity contribution in [2.75, 3.05) is 24.1 Å². The molecule has 0 unspecified atom stereocenters. The van der Waals surface area contributed by atoms with Gasteiger partial charge in [-0.15, -0.1) is 0 Å². The Morgan fingerprint density at radius 3 is 2.00 bits per heavy atom. The van der Waals surface area contributed by atoms with Crippen molar-refractivity contribution in [3.8, 4) is 5.75 Å². The zero-order valence-corrected chi connectivity index (χ0v) is 20.7. The number of anilines is 1. The molecule has 1 N–H and O–H groups in total. The number of benzene rings is 3. The van der Waals surface area contributed by atoms with Gasteiger partial charge in [-0.1, -0.05) is 53.7 Å². The van der Waals surface area contributed by atoms with E-state index in [-0.39, 0.29) is 22.9 Å². The van der Waals surface area contributed by atoms with Gasteiger partial charge in [-0.3, -0.25) is 9.59 Å². The highest BCUT2D eigenvalue weighted by atomic mass is 32.2. The molecule has 0 aromatic heterocycles. The molecule has 1 saturated heterocycles. The van der Waals surface area contributed by atoms with Crippen LogP contribution in [-0.2, 0) is 14.8 Å². The molecule has 1 aliphatic rings. The van der Waals surface area contributed by atoms with E-state index in [1.54, 1.807) is 65.6 Å². The maximum atomic E-state index is 13.5. The summed E-state index contributed by atoms with van der Waals surface area (Å²) in [4.78, 5) is 32.5. The second-order valence-corrected chi connectivity index (χ2v) is 10.2. The van der Waals surface area contributed by atoms with Gasteiger partial charge in [-0.2, -0.15) is 8.42 Å². The van der Waals surface area contributed by atoms with Crippen LogP contribution in [0.3, 0.4) is 0 Å². The van der Waals surface area contributed by atoms with Crippen LogP contribution in [0.2, 0.25) is 0 Å². The summed E-state index contributed by atoms with van der Waals surface area (Å²) in [7, 11) is -4.12. The quantitative estimate of drug-likeness (QED) is 0.465. The fourth-order valence-electron chi connectivity index (χ4n) is 3.93. The highest BCUT2D eigenvalue weighted by Gasteiger charge is 2.28. The van der Waals surface area contributed by atoms with Crippen molar-refractivity contribution in [2.45, 2.75) is 30.6 Å². The lowest BCUT2D eigenvalue weighted by molar-refractivity contribution is -0.130. The summed E-state index contributed by atoms with van der Waals surface area (Å²) in [6.07, 6.45) is 4.18. The first kappa shape index (κ1) is 25.2. The molecule has 1 fully saturated rings. The molecule has 188 valence electrons. The molecule has 0 bridgehead atoms. The van der Waals surface area contributed by atoms with Gasteiger partial charge in [-0.05, 0) is 61.4 Å². The number of hydrogen-bond acceptors (Lipinski definition) is 5. The Morgan fingerprint density at radius 1 is 0.806 bits per heavy atom. The normalized spacial score (nSPS) is 13.9. The Bertz CT molecular complexity index is 1260. The first-order valence-corrected chi connectivity index (χ1v) is 13.4. The fourth-order valence-corrected chi connectivity index (χ4v) is 5.19. The maximum absolute atomic E-state index is 13.5. The van der Waals surface area contributed by atoms with Gasteiger partial charge in [0.1, 0.15) is 0 Å². The lowest BCUT2D eigenvalue weighted by Gasteiger charge is -2.24. The molecule has 2 amide bonds. The molecular formula is C27H29N3O5S. The number of nitrogens with one attached hydrogen (secondary N) is 1. The summed E-state index contributed by atoms with van der Waals surface area (Å²) in [5, 5.41) is 2.64. The monoisotopic (exact) mass is 507 g/mol. The SMILES string of the molecule is O=C(NCC(=O)N1CCCCCC1)c1ccc(S(=O)(=O)N(Oc2ccccc2)c2ccccc2)cc1. The average molecular weight is 508 g/mol. The largest absolute Gasteiger partial charge is 0.364 e. The number of para-hydroxylation sites is 2. The van der Waals surface area contributed by atoms with Gasteiger partial charge in [0, 0.05) is 18.7 Å². The highest BCUT2D eigenvalue weighted by Crippen LogP contribution is 2.26. The highest BCUT2D eigenvalue weighted by molar-refractivity contribution is 7.92. The van der Waals surface area contributed by atoms with Gasteiger partial charge in [0.15, 0.2) is 5.75 Å². The van der Waals surface area contributed by atoms with E-state index in [9.17, 15) is 18.0 Å². The Hall–Kier alpha value is -3.85. The molecule has 9 heteroatoms. The molecule has 1 aliphatic heterocycles. The van der Waals surface area contributed by atoms with Crippen LogP contribution >= 0.6 is 0 Å². The fraction of sp³-hybridized carbons (Fsp3) is 0.259. The predicted octanol–water partition coefficient (Wildman–Crippen LogP) is 4.01. The van der Waals surface area contributed by atoms with E-state index >= 15 is 0 Å². The predicted molar refractivity (Wildman–Crippen MR) is 137 cm³/mol. The van der Waals surface area contributed by atoms with E-state index in [0.717, 1.165) is 30.2 Å². The zero-order valence-electron chi connectivity index (χ0n) is 19.9. The van der Waals surface area contributed by atoms with Crippen LogP contribution in [0.25, 0.3) is 0 Å². The Labute approximate surface area is 211 Å². The number of nitrogens with zero attached hydrogens (tertiary/aromatic N) is 2. The van der Waals surface area contributed by atoms with Crippen molar-refractivity contribution in [1.29, 1.82) is 0 Å². The minimum absolute atomic E-state index is 0.0422. The van der Waals surface area contributed by atoms with Crippen molar-refractivity contribution in [2.24, 2.45) is 0 Å². The maximum Gasteiger partial charge on any atom is 0.295 e. The number of rotatable bonds is 8. The number of likely N-dealkylation sites (tertiary alicyclic amines) is 1. The molecule has 0 spiro atoms. The lowest BCUT2D eigenvalue weighted by Crippen LogP contribution is -2.40. The van der Waals surface area contributed by atoms with Crippen LogP contribution in [0.5, 0.6) is 5.75 Å². The van der Waals surface area contributed by atoms with Crippen LogP contribution in [-0.4, -0.2) is 44.8 Å². The number of carbonyl (C=O) groups is 2. The topological polar surface area (TPSA) is 96.0 Å². The minimum atomic E-state index is -4.12. The van der Waals surface area contributed by atoms with Gasteiger partial charge in [0.25, 0.3) is 15.9 Å². The van der Waals surface area contributed by atoms with Gasteiger partial charge < -0.3 is 15.1 Å². The molecule has 4 rings (SSSR count). The standard InChI is InChI=1S/C27H29N3O5S/c31-26(29-19-9-1-2-10-20-29)21-28-27(32)22-15-17-25(18-16-22)36(33,34)30(23-11-5-3-6-12-23)35-24-13-7-4-8-14-24/h3-8,11-18H,1-2,9-10,19-21H2,(H,28,32). The van der Waals surface area contributed by atoms with Crippen molar-refractivity contribution < 1.29 is 22.8 Å². The van der Waals surface area contributed by atoms with Crippen LogP contribution in [0.4, 0.5) is 5.69 Å².